The molecular formula is C19H22N2O4. The molecule has 6 heteroatoms. The minimum atomic E-state index is -0.391. The van der Waals surface area contributed by atoms with Crippen molar-refractivity contribution in [2.75, 3.05) is 26.1 Å². The van der Waals surface area contributed by atoms with Gasteiger partial charge in [-0.2, -0.15) is 0 Å². The number of nitrogens with one attached hydrogen (secondary N) is 2. The van der Waals surface area contributed by atoms with Crippen LogP contribution >= 0.6 is 0 Å². The van der Waals surface area contributed by atoms with Gasteiger partial charge in [-0.1, -0.05) is 24.3 Å². The Labute approximate surface area is 147 Å². The number of methoxy groups -OCH3 is 2. The fourth-order valence-electron chi connectivity index (χ4n) is 2.33. The van der Waals surface area contributed by atoms with Gasteiger partial charge < -0.3 is 20.1 Å². The molecule has 0 aliphatic rings. The third-order valence-corrected chi connectivity index (χ3v) is 3.63. The summed E-state index contributed by atoms with van der Waals surface area (Å²) in [5.41, 5.74) is 2.16. The van der Waals surface area contributed by atoms with E-state index >= 15 is 0 Å². The van der Waals surface area contributed by atoms with Crippen LogP contribution in [0, 0.1) is 0 Å². The zero-order valence-electron chi connectivity index (χ0n) is 14.4. The number of benzene rings is 2. The second-order valence-electron chi connectivity index (χ2n) is 5.34. The molecule has 0 aromatic heterocycles. The molecule has 0 fully saturated rings. The molecule has 1 amide bonds. The van der Waals surface area contributed by atoms with Crippen LogP contribution in [0.3, 0.4) is 0 Å². The summed E-state index contributed by atoms with van der Waals surface area (Å²) in [6, 6.07) is 14.5. The van der Waals surface area contributed by atoms with Crippen LogP contribution in [0.25, 0.3) is 0 Å². The maximum absolute atomic E-state index is 12.0. The first-order chi connectivity index (χ1) is 12.1. The fourth-order valence-corrected chi connectivity index (χ4v) is 2.33. The molecule has 2 rings (SSSR count). The van der Waals surface area contributed by atoms with E-state index in [0.29, 0.717) is 25.1 Å². The molecule has 0 saturated carbocycles. The summed E-state index contributed by atoms with van der Waals surface area (Å²) < 4.78 is 9.94. The van der Waals surface area contributed by atoms with Gasteiger partial charge in [0.05, 0.1) is 19.8 Å². The molecule has 0 heterocycles. The molecule has 0 saturated heterocycles. The van der Waals surface area contributed by atoms with Gasteiger partial charge >= 0.3 is 5.97 Å². The molecule has 132 valence electrons. The molecule has 25 heavy (non-hydrogen) atoms. The minimum Gasteiger partial charge on any atom is -0.496 e. The summed E-state index contributed by atoms with van der Waals surface area (Å²) in [4.78, 5) is 23.5. The summed E-state index contributed by atoms with van der Waals surface area (Å²) in [6.45, 7) is 0.878. The van der Waals surface area contributed by atoms with Gasteiger partial charge in [-0.25, -0.2) is 4.79 Å². The number of carbonyl (C=O) groups excluding carboxylic acids is 2. The zero-order valence-corrected chi connectivity index (χ0v) is 14.4. The number of amides is 1. The topological polar surface area (TPSA) is 76.7 Å². The summed E-state index contributed by atoms with van der Waals surface area (Å²) in [6.07, 6.45) is 0.317. The van der Waals surface area contributed by atoms with E-state index in [0.717, 1.165) is 17.0 Å². The molecule has 0 aliphatic carbocycles. The highest BCUT2D eigenvalue weighted by Gasteiger charge is 2.07. The highest BCUT2D eigenvalue weighted by Crippen LogP contribution is 2.16. The fraction of sp³-hybridized carbons (Fsp3) is 0.263. The lowest BCUT2D eigenvalue weighted by Gasteiger charge is -2.10. The van der Waals surface area contributed by atoms with Crippen molar-refractivity contribution in [3.63, 3.8) is 0 Å². The van der Waals surface area contributed by atoms with Crippen LogP contribution in [0.2, 0.25) is 0 Å². The van der Waals surface area contributed by atoms with Crippen LogP contribution in [0.15, 0.2) is 48.5 Å². The predicted molar refractivity (Wildman–Crippen MR) is 95.7 cm³/mol. The average Bonchev–Trinajstić information content (AvgIpc) is 2.66. The number of rotatable bonds is 8. The van der Waals surface area contributed by atoms with Crippen LogP contribution in [0.5, 0.6) is 5.75 Å². The van der Waals surface area contributed by atoms with Gasteiger partial charge in [-0.15, -0.1) is 0 Å². The Morgan fingerprint density at radius 3 is 2.60 bits per heavy atom. The standard InChI is InChI=1S/C19H22N2O4/c1-24-17-9-4-3-6-15(17)13-21-18(22)10-11-20-16-8-5-7-14(12-16)19(23)25-2/h3-9,12,20H,10-11,13H2,1-2H3,(H,21,22). The number of esters is 1. The van der Waals surface area contributed by atoms with Crippen molar-refractivity contribution in [1.82, 2.24) is 5.32 Å². The molecule has 0 atom stereocenters. The van der Waals surface area contributed by atoms with Crippen molar-refractivity contribution in [2.24, 2.45) is 0 Å². The van der Waals surface area contributed by atoms with E-state index in [4.69, 9.17) is 4.74 Å². The summed E-state index contributed by atoms with van der Waals surface area (Å²) in [7, 11) is 2.95. The highest BCUT2D eigenvalue weighted by atomic mass is 16.5. The molecule has 0 bridgehead atoms. The first-order valence-electron chi connectivity index (χ1n) is 7.95. The molecule has 6 nitrogen and oxygen atoms in total. The maximum atomic E-state index is 12.0. The quantitative estimate of drug-likeness (QED) is 0.721. The monoisotopic (exact) mass is 342 g/mol. The normalized spacial score (nSPS) is 10.0. The Morgan fingerprint density at radius 1 is 1.04 bits per heavy atom. The van der Waals surface area contributed by atoms with Crippen molar-refractivity contribution < 1.29 is 19.1 Å². The highest BCUT2D eigenvalue weighted by molar-refractivity contribution is 5.90. The molecule has 2 aromatic rings. The van der Waals surface area contributed by atoms with Crippen molar-refractivity contribution >= 4 is 17.6 Å². The Kier molecular flexibility index (Phi) is 6.83. The van der Waals surface area contributed by atoms with Crippen molar-refractivity contribution in [2.45, 2.75) is 13.0 Å². The Morgan fingerprint density at radius 2 is 1.84 bits per heavy atom. The lowest BCUT2D eigenvalue weighted by molar-refractivity contribution is -0.121. The Balaban J connectivity index is 1.78. The number of ether oxygens (including phenoxy) is 2. The summed E-state index contributed by atoms with van der Waals surface area (Å²) in [5.74, 6) is 0.293. The summed E-state index contributed by atoms with van der Waals surface area (Å²) >= 11 is 0. The number of para-hydroxylation sites is 1. The van der Waals surface area contributed by atoms with Crippen LogP contribution in [-0.4, -0.2) is 32.6 Å². The van der Waals surface area contributed by atoms with Crippen molar-refractivity contribution in [3.05, 3.63) is 59.7 Å². The molecule has 0 aliphatic heterocycles. The van der Waals surface area contributed by atoms with E-state index < -0.39 is 5.97 Å². The second-order valence-corrected chi connectivity index (χ2v) is 5.34. The van der Waals surface area contributed by atoms with Gasteiger partial charge in [0.1, 0.15) is 5.75 Å². The van der Waals surface area contributed by atoms with Crippen LogP contribution < -0.4 is 15.4 Å². The smallest absolute Gasteiger partial charge is 0.337 e. The van der Waals surface area contributed by atoms with Gasteiger partial charge in [0.2, 0.25) is 5.91 Å². The van der Waals surface area contributed by atoms with E-state index in [1.54, 1.807) is 25.3 Å². The third kappa shape index (κ3) is 5.53. The number of carbonyl (C=O) groups is 2. The molecule has 2 aromatic carbocycles. The Hall–Kier alpha value is -3.02. The van der Waals surface area contributed by atoms with E-state index in [-0.39, 0.29) is 5.91 Å². The van der Waals surface area contributed by atoms with Gasteiger partial charge in [-0.3, -0.25) is 4.79 Å². The average molecular weight is 342 g/mol. The first kappa shape index (κ1) is 18.3. The number of hydrogen-bond acceptors (Lipinski definition) is 5. The predicted octanol–water partition coefficient (Wildman–Crippen LogP) is 2.60. The lowest BCUT2D eigenvalue weighted by Crippen LogP contribution is -2.25. The Bertz CT molecular complexity index is 731. The minimum absolute atomic E-state index is 0.0671. The molecule has 0 unspecified atom stereocenters. The maximum Gasteiger partial charge on any atom is 0.337 e. The number of hydrogen-bond donors (Lipinski definition) is 2. The van der Waals surface area contributed by atoms with Crippen LogP contribution in [0.4, 0.5) is 5.69 Å². The third-order valence-electron chi connectivity index (χ3n) is 3.63. The van der Waals surface area contributed by atoms with Gasteiger partial charge in [0.15, 0.2) is 0 Å². The van der Waals surface area contributed by atoms with Gasteiger partial charge in [-0.05, 0) is 24.3 Å². The molecule has 0 radical (unpaired) electrons. The zero-order chi connectivity index (χ0) is 18.1. The van der Waals surface area contributed by atoms with E-state index in [2.05, 4.69) is 15.4 Å². The molecule has 2 N–H and O–H groups in total. The lowest BCUT2D eigenvalue weighted by atomic mass is 10.2. The van der Waals surface area contributed by atoms with Gasteiger partial charge in [0, 0.05) is 30.8 Å². The van der Waals surface area contributed by atoms with Crippen LogP contribution in [-0.2, 0) is 16.1 Å². The van der Waals surface area contributed by atoms with Gasteiger partial charge in [0.25, 0.3) is 0 Å². The van der Waals surface area contributed by atoms with E-state index in [1.165, 1.54) is 7.11 Å². The number of anilines is 1. The van der Waals surface area contributed by atoms with E-state index in [1.807, 2.05) is 30.3 Å². The van der Waals surface area contributed by atoms with E-state index in [9.17, 15) is 9.59 Å². The van der Waals surface area contributed by atoms with Crippen molar-refractivity contribution in [1.29, 1.82) is 0 Å². The SMILES string of the molecule is COC(=O)c1cccc(NCCC(=O)NCc2ccccc2OC)c1. The largest absolute Gasteiger partial charge is 0.496 e. The van der Waals surface area contributed by atoms with Crippen LogP contribution in [0.1, 0.15) is 22.3 Å². The molecule has 0 spiro atoms. The van der Waals surface area contributed by atoms with Crippen molar-refractivity contribution in [3.8, 4) is 5.75 Å². The first-order valence-corrected chi connectivity index (χ1v) is 7.95. The summed E-state index contributed by atoms with van der Waals surface area (Å²) in [5, 5.41) is 5.99. The second kappa shape index (κ2) is 9.32. The molecular weight excluding hydrogens is 320 g/mol.